The molecule has 1 aliphatic carbocycles. The first-order chi connectivity index (χ1) is 9.72. The van der Waals surface area contributed by atoms with Gasteiger partial charge < -0.3 is 10.4 Å². The van der Waals surface area contributed by atoms with Crippen molar-refractivity contribution in [2.45, 2.75) is 38.6 Å². The Kier molecular flexibility index (Phi) is 5.20. The van der Waals surface area contributed by atoms with Crippen LogP contribution in [0.15, 0.2) is 24.3 Å². The maximum absolute atomic E-state index is 12.4. The number of benzene rings is 1. The molecule has 0 aliphatic heterocycles. The largest absolute Gasteiger partial charge is 0.384 e. The highest BCUT2D eigenvalue weighted by atomic mass is 16.2. The number of amides is 1. The summed E-state index contributed by atoms with van der Waals surface area (Å²) in [6, 6.07) is 7.46. The number of rotatable bonds is 3. The van der Waals surface area contributed by atoms with Crippen LogP contribution >= 0.6 is 0 Å². The van der Waals surface area contributed by atoms with E-state index < -0.39 is 0 Å². The summed E-state index contributed by atoms with van der Waals surface area (Å²) < 4.78 is 0. The average molecular weight is 271 g/mol. The van der Waals surface area contributed by atoms with Crippen molar-refractivity contribution in [1.29, 1.82) is 0 Å². The Morgan fingerprint density at radius 2 is 2.10 bits per heavy atom. The van der Waals surface area contributed by atoms with Crippen LogP contribution in [0.2, 0.25) is 0 Å². The van der Waals surface area contributed by atoms with Gasteiger partial charge in [-0.3, -0.25) is 4.79 Å². The maximum atomic E-state index is 12.4. The first kappa shape index (κ1) is 14.6. The van der Waals surface area contributed by atoms with Gasteiger partial charge in [-0.1, -0.05) is 36.8 Å². The molecule has 2 rings (SSSR count). The Morgan fingerprint density at radius 1 is 1.40 bits per heavy atom. The van der Waals surface area contributed by atoms with Crippen molar-refractivity contribution in [1.82, 2.24) is 5.32 Å². The first-order valence-electron chi connectivity index (χ1n) is 7.22. The van der Waals surface area contributed by atoms with Crippen molar-refractivity contribution in [3.8, 4) is 11.8 Å². The summed E-state index contributed by atoms with van der Waals surface area (Å²) in [5, 5.41) is 11.9. The molecule has 0 spiro atoms. The summed E-state index contributed by atoms with van der Waals surface area (Å²) in [6.07, 6.45) is 4.94. The molecule has 1 atom stereocenters. The Balaban J connectivity index is 2.08. The van der Waals surface area contributed by atoms with E-state index in [4.69, 9.17) is 5.11 Å². The van der Waals surface area contributed by atoms with Crippen LogP contribution in [0.4, 0.5) is 0 Å². The van der Waals surface area contributed by atoms with Crippen LogP contribution in [0.1, 0.15) is 48.5 Å². The molecule has 0 heterocycles. The van der Waals surface area contributed by atoms with Gasteiger partial charge in [-0.05, 0) is 37.8 Å². The molecule has 1 amide bonds. The van der Waals surface area contributed by atoms with E-state index >= 15 is 0 Å². The normalized spacial score (nSPS) is 16.3. The lowest BCUT2D eigenvalue weighted by Gasteiger charge is -2.20. The standard InChI is InChI=1S/C17H21NO2/c1-13(14-7-2-3-8-14)18-17(20)16-11-5-4-9-15(16)10-6-12-19/h4-5,9,11,13-14,19H,2-3,7-8,12H2,1H3,(H,18,20). The second-order valence-corrected chi connectivity index (χ2v) is 5.31. The van der Waals surface area contributed by atoms with E-state index in [1.54, 1.807) is 12.1 Å². The molecule has 1 saturated carbocycles. The van der Waals surface area contributed by atoms with Crippen molar-refractivity contribution in [3.63, 3.8) is 0 Å². The lowest BCUT2D eigenvalue weighted by molar-refractivity contribution is 0.0927. The highest BCUT2D eigenvalue weighted by Gasteiger charge is 2.23. The fourth-order valence-corrected chi connectivity index (χ4v) is 2.78. The second-order valence-electron chi connectivity index (χ2n) is 5.31. The highest BCUT2D eigenvalue weighted by molar-refractivity contribution is 5.96. The van der Waals surface area contributed by atoms with Crippen molar-refractivity contribution >= 4 is 5.91 Å². The van der Waals surface area contributed by atoms with Gasteiger partial charge in [0.15, 0.2) is 0 Å². The molecule has 1 aromatic carbocycles. The molecule has 2 N–H and O–H groups in total. The Bertz CT molecular complexity index is 521. The zero-order valence-corrected chi connectivity index (χ0v) is 11.9. The monoisotopic (exact) mass is 271 g/mol. The van der Waals surface area contributed by atoms with Crippen LogP contribution in [0.5, 0.6) is 0 Å². The summed E-state index contributed by atoms with van der Waals surface area (Å²) in [4.78, 5) is 12.4. The van der Waals surface area contributed by atoms with Gasteiger partial charge in [0.2, 0.25) is 0 Å². The number of aliphatic hydroxyl groups excluding tert-OH is 1. The van der Waals surface area contributed by atoms with Gasteiger partial charge in [-0.25, -0.2) is 0 Å². The fourth-order valence-electron chi connectivity index (χ4n) is 2.78. The van der Waals surface area contributed by atoms with Crippen LogP contribution < -0.4 is 5.32 Å². The number of nitrogens with one attached hydrogen (secondary N) is 1. The average Bonchev–Trinajstić information content (AvgIpc) is 2.99. The lowest BCUT2D eigenvalue weighted by Crippen LogP contribution is -2.37. The summed E-state index contributed by atoms with van der Waals surface area (Å²) in [5.74, 6) is 5.94. The quantitative estimate of drug-likeness (QED) is 0.829. The summed E-state index contributed by atoms with van der Waals surface area (Å²) in [6.45, 7) is 1.88. The van der Waals surface area contributed by atoms with E-state index in [0.29, 0.717) is 17.0 Å². The zero-order chi connectivity index (χ0) is 14.4. The van der Waals surface area contributed by atoms with Crippen molar-refractivity contribution in [2.75, 3.05) is 6.61 Å². The smallest absolute Gasteiger partial charge is 0.252 e. The highest BCUT2D eigenvalue weighted by Crippen LogP contribution is 2.27. The van der Waals surface area contributed by atoms with Crippen LogP contribution in [-0.4, -0.2) is 23.7 Å². The predicted molar refractivity (Wildman–Crippen MR) is 79.3 cm³/mol. The molecule has 1 unspecified atom stereocenters. The van der Waals surface area contributed by atoms with Gasteiger partial charge in [-0.2, -0.15) is 0 Å². The number of hydrogen-bond donors (Lipinski definition) is 2. The zero-order valence-electron chi connectivity index (χ0n) is 11.9. The molecule has 3 nitrogen and oxygen atoms in total. The van der Waals surface area contributed by atoms with Gasteiger partial charge >= 0.3 is 0 Å². The molecular weight excluding hydrogens is 250 g/mol. The van der Waals surface area contributed by atoms with Crippen LogP contribution in [0.25, 0.3) is 0 Å². The molecule has 0 radical (unpaired) electrons. The van der Waals surface area contributed by atoms with E-state index in [1.807, 2.05) is 12.1 Å². The molecule has 1 fully saturated rings. The van der Waals surface area contributed by atoms with Crippen LogP contribution in [0.3, 0.4) is 0 Å². The summed E-state index contributed by atoms with van der Waals surface area (Å²) in [7, 11) is 0. The van der Waals surface area contributed by atoms with Gasteiger partial charge in [0.1, 0.15) is 6.61 Å². The lowest BCUT2D eigenvalue weighted by atomic mass is 9.99. The topological polar surface area (TPSA) is 49.3 Å². The van der Waals surface area contributed by atoms with E-state index in [0.717, 1.165) is 0 Å². The van der Waals surface area contributed by atoms with Gasteiger partial charge in [-0.15, -0.1) is 0 Å². The third kappa shape index (κ3) is 3.61. The van der Waals surface area contributed by atoms with Crippen LogP contribution in [-0.2, 0) is 0 Å². The number of carbonyl (C=O) groups excluding carboxylic acids is 1. The molecular formula is C17H21NO2. The Morgan fingerprint density at radius 3 is 2.80 bits per heavy atom. The fraction of sp³-hybridized carbons (Fsp3) is 0.471. The maximum Gasteiger partial charge on any atom is 0.252 e. The molecule has 20 heavy (non-hydrogen) atoms. The van der Waals surface area contributed by atoms with E-state index in [9.17, 15) is 4.79 Å². The number of hydrogen-bond acceptors (Lipinski definition) is 2. The Labute approximate surface area is 120 Å². The van der Waals surface area contributed by atoms with Crippen molar-refractivity contribution < 1.29 is 9.90 Å². The molecule has 106 valence electrons. The summed E-state index contributed by atoms with van der Waals surface area (Å²) >= 11 is 0. The SMILES string of the molecule is CC(NC(=O)c1ccccc1C#CCO)C1CCCC1. The third-order valence-corrected chi connectivity index (χ3v) is 3.94. The molecule has 0 aromatic heterocycles. The Hall–Kier alpha value is -1.79. The second kappa shape index (κ2) is 7.12. The van der Waals surface area contributed by atoms with Gasteiger partial charge in [0.05, 0.1) is 5.56 Å². The number of carbonyl (C=O) groups is 1. The van der Waals surface area contributed by atoms with Crippen LogP contribution in [0, 0.1) is 17.8 Å². The molecule has 0 saturated heterocycles. The minimum Gasteiger partial charge on any atom is -0.384 e. The van der Waals surface area contributed by atoms with E-state index in [2.05, 4.69) is 24.1 Å². The molecule has 1 aliphatic rings. The van der Waals surface area contributed by atoms with Crippen molar-refractivity contribution in [2.24, 2.45) is 5.92 Å². The molecule has 0 bridgehead atoms. The minimum atomic E-state index is -0.200. The van der Waals surface area contributed by atoms with Gasteiger partial charge in [0.25, 0.3) is 5.91 Å². The molecule has 1 aromatic rings. The van der Waals surface area contributed by atoms with Gasteiger partial charge in [0, 0.05) is 11.6 Å². The third-order valence-electron chi connectivity index (χ3n) is 3.94. The van der Waals surface area contributed by atoms with E-state index in [-0.39, 0.29) is 18.6 Å². The van der Waals surface area contributed by atoms with Crippen molar-refractivity contribution in [3.05, 3.63) is 35.4 Å². The minimum absolute atomic E-state index is 0.0766. The van der Waals surface area contributed by atoms with E-state index in [1.165, 1.54) is 25.7 Å². The summed E-state index contributed by atoms with van der Waals surface area (Å²) in [5.41, 5.74) is 1.25. The molecule has 3 heteroatoms. The predicted octanol–water partition coefficient (Wildman–Crippen LogP) is 2.34. The number of aliphatic hydroxyl groups is 1. The first-order valence-corrected chi connectivity index (χ1v) is 7.22.